The summed E-state index contributed by atoms with van der Waals surface area (Å²) in [5.74, 6) is -0.248. The molecule has 0 bridgehead atoms. The van der Waals surface area contributed by atoms with E-state index in [9.17, 15) is 18.0 Å². The second-order valence-corrected chi connectivity index (χ2v) is 8.42. The molecule has 1 N–H and O–H groups in total. The van der Waals surface area contributed by atoms with Crippen LogP contribution in [0.5, 0.6) is 11.5 Å². The zero-order valence-corrected chi connectivity index (χ0v) is 17.3. The monoisotopic (exact) mass is 458 g/mol. The van der Waals surface area contributed by atoms with E-state index in [-0.39, 0.29) is 18.1 Å². The van der Waals surface area contributed by atoms with Crippen molar-refractivity contribution < 1.29 is 42.1 Å². The summed E-state index contributed by atoms with van der Waals surface area (Å²) < 4.78 is 48.7. The lowest BCUT2D eigenvalue weighted by molar-refractivity contribution is -0.192. The van der Waals surface area contributed by atoms with Gasteiger partial charge in [-0.25, -0.2) is 4.79 Å². The van der Waals surface area contributed by atoms with Crippen LogP contribution in [0.1, 0.15) is 24.8 Å². The number of ether oxygens (including phenoxy) is 3. The molecule has 1 aromatic carbocycles. The van der Waals surface area contributed by atoms with Gasteiger partial charge >= 0.3 is 12.1 Å². The topological polar surface area (TPSA) is 88.5 Å². The number of carbonyl (C=O) groups is 2. The van der Waals surface area contributed by atoms with Crippen LogP contribution < -0.4 is 9.47 Å². The van der Waals surface area contributed by atoms with Gasteiger partial charge in [-0.05, 0) is 30.5 Å². The van der Waals surface area contributed by atoms with Crippen molar-refractivity contribution in [3.05, 3.63) is 23.8 Å². The van der Waals surface area contributed by atoms with E-state index in [0.29, 0.717) is 19.1 Å². The van der Waals surface area contributed by atoms with Crippen LogP contribution in [0.3, 0.4) is 0 Å². The molecule has 0 radical (unpaired) electrons. The predicted molar refractivity (Wildman–Crippen MR) is 104 cm³/mol. The summed E-state index contributed by atoms with van der Waals surface area (Å²) in [5.41, 5.74) is 1.24. The van der Waals surface area contributed by atoms with Gasteiger partial charge in [0.25, 0.3) is 0 Å². The first-order chi connectivity index (χ1) is 15.2. The molecule has 0 saturated carbocycles. The Hall–Kier alpha value is -2.53. The molecule has 3 saturated heterocycles. The number of carboxylic acids is 1. The molecule has 0 aromatic heterocycles. The molecule has 3 atom stereocenters. The van der Waals surface area contributed by atoms with Crippen LogP contribution in [-0.2, 0) is 20.9 Å². The Morgan fingerprint density at radius 1 is 1.12 bits per heavy atom. The second kappa shape index (κ2) is 9.14. The maximum absolute atomic E-state index is 12.1. The highest BCUT2D eigenvalue weighted by Gasteiger charge is 2.43. The zero-order valence-electron chi connectivity index (χ0n) is 17.3. The lowest BCUT2D eigenvalue weighted by Gasteiger charge is -2.31. The van der Waals surface area contributed by atoms with Crippen molar-refractivity contribution >= 4 is 11.9 Å². The summed E-state index contributed by atoms with van der Waals surface area (Å²) in [5, 5.41) is 7.12. The summed E-state index contributed by atoms with van der Waals surface area (Å²) in [6, 6.07) is 6.17. The Kier molecular flexibility index (Phi) is 6.47. The van der Waals surface area contributed by atoms with Crippen LogP contribution in [0, 0.1) is 5.92 Å². The highest BCUT2D eigenvalue weighted by molar-refractivity contribution is 5.77. The lowest BCUT2D eigenvalue weighted by Crippen LogP contribution is -2.43. The Bertz CT molecular complexity index is 846. The van der Waals surface area contributed by atoms with Crippen LogP contribution >= 0.6 is 0 Å². The van der Waals surface area contributed by atoms with E-state index < -0.39 is 12.1 Å². The summed E-state index contributed by atoms with van der Waals surface area (Å²) in [7, 11) is 0. The fourth-order valence-electron chi connectivity index (χ4n) is 4.40. The fourth-order valence-corrected chi connectivity index (χ4v) is 4.40. The van der Waals surface area contributed by atoms with E-state index in [1.807, 2.05) is 11.0 Å². The summed E-state index contributed by atoms with van der Waals surface area (Å²) in [6.07, 6.45) is -1.95. The third-order valence-electron chi connectivity index (χ3n) is 6.09. The second-order valence-electron chi connectivity index (χ2n) is 8.42. The van der Waals surface area contributed by atoms with Gasteiger partial charge in [0, 0.05) is 38.6 Å². The minimum absolute atomic E-state index is 0.121. The first-order valence-corrected chi connectivity index (χ1v) is 10.5. The minimum atomic E-state index is -5.08. The van der Waals surface area contributed by atoms with Gasteiger partial charge in [0.15, 0.2) is 11.5 Å². The van der Waals surface area contributed by atoms with Crippen molar-refractivity contribution in [2.75, 3.05) is 33.0 Å². The molecular formula is C21H25F3N2O6. The van der Waals surface area contributed by atoms with Crippen molar-refractivity contribution in [1.82, 2.24) is 9.80 Å². The fraction of sp³-hybridized carbons (Fsp3) is 0.619. The number of fused-ring (bicyclic) bond motifs is 2. The minimum Gasteiger partial charge on any atom is -0.475 e. The van der Waals surface area contributed by atoms with Crippen molar-refractivity contribution in [3.8, 4) is 11.5 Å². The molecule has 4 heterocycles. The average Bonchev–Trinajstić information content (AvgIpc) is 3.34. The van der Waals surface area contributed by atoms with Crippen LogP contribution in [0.15, 0.2) is 18.2 Å². The first-order valence-electron chi connectivity index (χ1n) is 10.5. The largest absolute Gasteiger partial charge is 0.490 e. The quantitative estimate of drug-likeness (QED) is 0.741. The van der Waals surface area contributed by atoms with Gasteiger partial charge in [-0.15, -0.1) is 0 Å². The standard InChI is InChI=1S/C19H24N2O4.C2HF3O2/c22-19(21-4-1-5-21)8-15-7-14-10-20(11-18(14)25-15)9-13-2-3-16-17(6-13)24-12-23-16;3-2(4,5)1(6)7/h2-3,6,14-15,18H,1,4-5,7-12H2;(H,6,7)/t14-,15-,18+;/m0./s1. The number of hydrogen-bond donors (Lipinski definition) is 1. The van der Waals surface area contributed by atoms with E-state index in [1.54, 1.807) is 0 Å². The molecule has 8 nitrogen and oxygen atoms in total. The molecule has 11 heteroatoms. The number of rotatable bonds is 4. The van der Waals surface area contributed by atoms with Crippen LogP contribution in [0.4, 0.5) is 13.2 Å². The normalized spacial score (nSPS) is 26.2. The number of carbonyl (C=O) groups excluding carboxylic acids is 1. The van der Waals surface area contributed by atoms with E-state index in [0.717, 1.165) is 57.1 Å². The third kappa shape index (κ3) is 5.26. The van der Waals surface area contributed by atoms with Gasteiger partial charge in [-0.1, -0.05) is 6.07 Å². The van der Waals surface area contributed by atoms with Crippen LogP contribution in [0.25, 0.3) is 0 Å². The molecule has 0 spiro atoms. The Labute approximate surface area is 182 Å². The van der Waals surface area contributed by atoms with E-state index in [2.05, 4.69) is 17.0 Å². The number of amides is 1. The number of likely N-dealkylation sites (tertiary alicyclic amines) is 2. The van der Waals surface area contributed by atoms with Crippen molar-refractivity contribution in [3.63, 3.8) is 0 Å². The first kappa shape index (κ1) is 22.7. The molecule has 32 heavy (non-hydrogen) atoms. The molecule has 4 aliphatic heterocycles. The molecule has 5 rings (SSSR count). The number of alkyl halides is 3. The smallest absolute Gasteiger partial charge is 0.475 e. The number of nitrogens with zero attached hydrogens (tertiary/aromatic N) is 2. The van der Waals surface area contributed by atoms with E-state index in [4.69, 9.17) is 24.1 Å². The summed E-state index contributed by atoms with van der Waals surface area (Å²) in [4.78, 5) is 25.4. The Morgan fingerprint density at radius 3 is 2.47 bits per heavy atom. The van der Waals surface area contributed by atoms with Crippen molar-refractivity contribution in [1.29, 1.82) is 0 Å². The number of hydrogen-bond acceptors (Lipinski definition) is 6. The third-order valence-corrected chi connectivity index (χ3v) is 6.09. The van der Waals surface area contributed by atoms with Gasteiger partial charge in [-0.3, -0.25) is 9.69 Å². The van der Waals surface area contributed by atoms with Crippen LogP contribution in [-0.4, -0.2) is 78.1 Å². The highest BCUT2D eigenvalue weighted by atomic mass is 19.4. The molecule has 176 valence electrons. The zero-order chi connectivity index (χ0) is 22.9. The molecule has 0 unspecified atom stereocenters. The number of halogens is 3. The molecule has 3 fully saturated rings. The Balaban J connectivity index is 0.000000307. The number of benzene rings is 1. The van der Waals surface area contributed by atoms with Crippen molar-refractivity contribution in [2.24, 2.45) is 5.92 Å². The molecule has 4 aliphatic rings. The average molecular weight is 458 g/mol. The molecule has 1 aromatic rings. The molecular weight excluding hydrogens is 433 g/mol. The maximum atomic E-state index is 12.1. The number of carboxylic acid groups (broad SMARTS) is 1. The maximum Gasteiger partial charge on any atom is 0.490 e. The predicted octanol–water partition coefficient (Wildman–Crippen LogP) is 2.26. The van der Waals surface area contributed by atoms with Crippen LogP contribution in [0.2, 0.25) is 0 Å². The van der Waals surface area contributed by atoms with E-state index in [1.165, 1.54) is 5.56 Å². The lowest BCUT2D eigenvalue weighted by atomic mass is 10.0. The van der Waals surface area contributed by atoms with E-state index >= 15 is 0 Å². The van der Waals surface area contributed by atoms with Gasteiger partial charge < -0.3 is 24.2 Å². The van der Waals surface area contributed by atoms with Gasteiger partial charge in [0.2, 0.25) is 12.7 Å². The molecule has 1 amide bonds. The van der Waals surface area contributed by atoms with Gasteiger partial charge in [-0.2, -0.15) is 13.2 Å². The summed E-state index contributed by atoms with van der Waals surface area (Å²) in [6.45, 7) is 5.09. The SMILES string of the molecule is O=C(C[C@@H]1C[C@H]2CN(Cc3ccc4c(c3)OCO4)C[C@H]2O1)N1CCC1.O=C(O)C(F)(F)F. The molecule has 0 aliphatic carbocycles. The van der Waals surface area contributed by atoms with Gasteiger partial charge in [0.05, 0.1) is 18.6 Å². The number of aliphatic carboxylic acids is 1. The Morgan fingerprint density at radius 2 is 1.84 bits per heavy atom. The summed E-state index contributed by atoms with van der Waals surface area (Å²) >= 11 is 0. The van der Waals surface area contributed by atoms with Gasteiger partial charge in [0.1, 0.15) is 0 Å². The highest BCUT2D eigenvalue weighted by Crippen LogP contribution is 2.37. The van der Waals surface area contributed by atoms with Crippen molar-refractivity contribution in [2.45, 2.75) is 44.2 Å².